The molecule has 0 N–H and O–H groups in total. The molecule has 364 valence electrons. The minimum atomic E-state index is -0.967. The molecular weight excluding hydrogens is 946 g/mol. The fourth-order valence-corrected chi connectivity index (χ4v) is 7.93. The molecule has 0 spiro atoms. The van der Waals surface area contributed by atoms with Crippen molar-refractivity contribution in [3.05, 3.63) is 71.8 Å². The quantitative estimate of drug-likeness (QED) is 0.0358. The van der Waals surface area contributed by atoms with Gasteiger partial charge >= 0.3 is 60.8 Å². The van der Waals surface area contributed by atoms with Gasteiger partial charge in [-0.3, -0.25) is 9.59 Å². The van der Waals surface area contributed by atoms with E-state index in [9.17, 15) is 29.4 Å². The van der Waals surface area contributed by atoms with Gasteiger partial charge in [0.1, 0.15) is 12.2 Å². The van der Waals surface area contributed by atoms with Gasteiger partial charge in [0.05, 0.1) is 25.4 Å². The van der Waals surface area contributed by atoms with Crippen molar-refractivity contribution >= 4 is 72.8 Å². The first kappa shape index (κ1) is 62.8. The van der Waals surface area contributed by atoms with Gasteiger partial charge < -0.3 is 38.7 Å². The number of carbonyl (C=O) groups excluding carboxylic acids is 4. The van der Waals surface area contributed by atoms with Crippen molar-refractivity contribution in [3.63, 3.8) is 0 Å². The van der Waals surface area contributed by atoms with Crippen molar-refractivity contribution in [2.75, 3.05) is 0 Å². The van der Waals surface area contributed by atoms with Crippen molar-refractivity contribution in [2.24, 2.45) is 0 Å². The second kappa shape index (κ2) is 44.3. The molecule has 0 aliphatic rings. The SMILES string of the molecule is CCCCCCC(CCCC(CCCCCCC(=O)[O-])OCc1ccccc1)OC(C)=O.CCCCCCC(CCCC(CCCCCCC(=O)[O-])OCc1ccccc1)OC(C)=O.[Ba+2]. The smallest absolute Gasteiger partial charge is 0.550 e. The molecule has 65 heavy (non-hydrogen) atoms. The van der Waals surface area contributed by atoms with Crippen LogP contribution < -0.4 is 10.2 Å². The third-order valence-electron chi connectivity index (χ3n) is 11.5. The molecule has 11 heteroatoms. The summed E-state index contributed by atoms with van der Waals surface area (Å²) >= 11 is 0. The summed E-state index contributed by atoms with van der Waals surface area (Å²) in [4.78, 5) is 44.0. The molecular formula is C54H86BaO10. The van der Waals surface area contributed by atoms with Crippen LogP contribution in [-0.4, -0.2) is 97.2 Å². The van der Waals surface area contributed by atoms with E-state index in [4.69, 9.17) is 18.9 Å². The first-order chi connectivity index (χ1) is 31.0. The van der Waals surface area contributed by atoms with Gasteiger partial charge in [-0.05, 0) is 114 Å². The number of esters is 2. The largest absolute Gasteiger partial charge is 2.00 e. The average molecular weight is 1030 g/mol. The van der Waals surface area contributed by atoms with E-state index < -0.39 is 11.9 Å². The maximum Gasteiger partial charge on any atom is 2.00 e. The minimum Gasteiger partial charge on any atom is -0.550 e. The number of aliphatic carboxylic acids is 2. The predicted molar refractivity (Wildman–Crippen MR) is 258 cm³/mol. The summed E-state index contributed by atoms with van der Waals surface area (Å²) in [7, 11) is 0. The van der Waals surface area contributed by atoms with Crippen LogP contribution in [0.3, 0.4) is 0 Å². The standard InChI is InChI=1S/2C27H44O5.Ba/c2*1-3-4-5-11-18-26(32-23(2)28)20-14-19-25(17-12-6-7-13-21-27(29)30)31-22-24-15-9-8-10-16-24;/h2*8-10,15-16,25-26H,3-7,11-14,17-22H2,1-2H3,(H,29,30);/q;;+2/p-2. The number of unbranched alkanes of at least 4 members (excludes halogenated alkanes) is 12. The molecule has 10 nitrogen and oxygen atoms in total. The third kappa shape index (κ3) is 40.6. The van der Waals surface area contributed by atoms with E-state index in [1.807, 2.05) is 36.4 Å². The van der Waals surface area contributed by atoms with Gasteiger partial charge in [0.15, 0.2) is 0 Å². The van der Waals surface area contributed by atoms with Crippen molar-refractivity contribution < 1.29 is 48.3 Å². The fourth-order valence-electron chi connectivity index (χ4n) is 7.93. The van der Waals surface area contributed by atoms with Crippen LogP contribution in [-0.2, 0) is 51.3 Å². The number of hydrogen-bond donors (Lipinski definition) is 0. The molecule has 0 bridgehead atoms. The van der Waals surface area contributed by atoms with Crippen LogP contribution in [0.5, 0.6) is 0 Å². The zero-order valence-electron chi connectivity index (χ0n) is 41.1. The number of carboxylic acid groups (broad SMARTS) is 2. The number of carboxylic acids is 2. The van der Waals surface area contributed by atoms with Gasteiger partial charge in [-0.25, -0.2) is 0 Å². The molecule has 0 fully saturated rings. The average Bonchev–Trinajstić information content (AvgIpc) is 3.27. The van der Waals surface area contributed by atoms with E-state index in [2.05, 4.69) is 38.1 Å². The summed E-state index contributed by atoms with van der Waals surface area (Å²) in [5.41, 5.74) is 2.33. The number of benzene rings is 2. The Morgan fingerprint density at radius 3 is 1.03 bits per heavy atom. The van der Waals surface area contributed by atoms with Crippen LogP contribution in [0.2, 0.25) is 0 Å². The molecule has 0 saturated carbocycles. The molecule has 2 aromatic carbocycles. The molecule has 4 unspecified atom stereocenters. The van der Waals surface area contributed by atoms with E-state index in [0.29, 0.717) is 26.1 Å². The number of ether oxygens (including phenoxy) is 4. The van der Waals surface area contributed by atoms with Crippen molar-refractivity contribution in [2.45, 2.75) is 245 Å². The summed E-state index contributed by atoms with van der Waals surface area (Å²) < 4.78 is 23.6. The molecule has 0 amide bonds. The third-order valence-corrected chi connectivity index (χ3v) is 11.5. The Labute approximate surface area is 434 Å². The van der Waals surface area contributed by atoms with Gasteiger partial charge in [0.2, 0.25) is 0 Å². The second-order valence-corrected chi connectivity index (χ2v) is 17.5. The van der Waals surface area contributed by atoms with Gasteiger partial charge in [-0.15, -0.1) is 0 Å². The Morgan fingerprint density at radius 1 is 0.415 bits per heavy atom. The molecule has 0 aliphatic heterocycles. The van der Waals surface area contributed by atoms with E-state index in [1.54, 1.807) is 0 Å². The Morgan fingerprint density at radius 2 is 0.708 bits per heavy atom. The zero-order valence-corrected chi connectivity index (χ0v) is 45.5. The predicted octanol–water partition coefficient (Wildman–Crippen LogP) is 11.1. The molecule has 0 aliphatic carbocycles. The van der Waals surface area contributed by atoms with E-state index in [1.165, 1.54) is 63.5 Å². The number of hydrogen-bond acceptors (Lipinski definition) is 10. The van der Waals surface area contributed by atoms with Gasteiger partial charge in [0, 0.05) is 25.8 Å². The fraction of sp³-hybridized carbons (Fsp3) is 0.704. The second-order valence-electron chi connectivity index (χ2n) is 17.5. The zero-order chi connectivity index (χ0) is 46.9. The Balaban J connectivity index is 0.00000124. The summed E-state index contributed by atoms with van der Waals surface area (Å²) in [6.45, 7) is 8.57. The maximum absolute atomic E-state index is 11.5. The molecule has 0 radical (unpaired) electrons. The van der Waals surface area contributed by atoms with E-state index >= 15 is 0 Å². The molecule has 0 aromatic heterocycles. The number of carbonyl (C=O) groups is 4. The Bertz CT molecular complexity index is 1320. The van der Waals surface area contributed by atoms with Gasteiger partial charge in [0.25, 0.3) is 0 Å². The molecule has 0 heterocycles. The van der Waals surface area contributed by atoms with Gasteiger partial charge in [-0.2, -0.15) is 0 Å². The normalized spacial score (nSPS) is 12.7. The van der Waals surface area contributed by atoms with Crippen molar-refractivity contribution in [1.29, 1.82) is 0 Å². The Hall–Kier alpha value is -2.19. The van der Waals surface area contributed by atoms with Crippen molar-refractivity contribution in [3.8, 4) is 0 Å². The first-order valence-corrected chi connectivity index (χ1v) is 25.1. The van der Waals surface area contributed by atoms with Crippen LogP contribution in [0.25, 0.3) is 0 Å². The summed E-state index contributed by atoms with van der Waals surface area (Å²) in [6.07, 6.45) is 26.7. The van der Waals surface area contributed by atoms with Crippen LogP contribution in [0.4, 0.5) is 0 Å². The van der Waals surface area contributed by atoms with E-state index in [-0.39, 0.29) is 98.1 Å². The van der Waals surface area contributed by atoms with Crippen LogP contribution in [0, 0.1) is 0 Å². The number of rotatable bonds is 40. The van der Waals surface area contributed by atoms with Crippen LogP contribution in [0.1, 0.15) is 219 Å². The molecule has 4 atom stereocenters. The van der Waals surface area contributed by atoms with Crippen molar-refractivity contribution in [1.82, 2.24) is 0 Å². The topological polar surface area (TPSA) is 151 Å². The van der Waals surface area contributed by atoms with Crippen LogP contribution in [0.15, 0.2) is 60.7 Å². The summed E-state index contributed by atoms with van der Waals surface area (Å²) in [6, 6.07) is 20.4. The molecule has 2 aromatic rings. The first-order valence-electron chi connectivity index (χ1n) is 25.1. The van der Waals surface area contributed by atoms with Crippen LogP contribution >= 0.6 is 0 Å². The monoisotopic (exact) mass is 1030 g/mol. The molecule has 2 rings (SSSR count). The molecule has 0 saturated heterocycles. The van der Waals surface area contributed by atoms with Gasteiger partial charge in [-0.1, -0.05) is 152 Å². The summed E-state index contributed by atoms with van der Waals surface area (Å²) in [5.74, 6) is -2.32. The Kier molecular flexibility index (Phi) is 42.8. The summed E-state index contributed by atoms with van der Waals surface area (Å²) in [5, 5.41) is 21.1. The minimum absolute atomic E-state index is 0. The maximum atomic E-state index is 11.5. The van der Waals surface area contributed by atoms with E-state index in [0.717, 1.165) is 116 Å².